The van der Waals surface area contributed by atoms with Gasteiger partial charge in [0.1, 0.15) is 16.5 Å². The van der Waals surface area contributed by atoms with Crippen LogP contribution in [0, 0.1) is 17.6 Å². The zero-order valence-corrected chi connectivity index (χ0v) is 12.0. The highest BCUT2D eigenvalue weighted by molar-refractivity contribution is 7.91. The minimum atomic E-state index is -3.90. The second-order valence-corrected chi connectivity index (χ2v) is 7.42. The molecule has 1 aromatic carbocycles. The highest BCUT2D eigenvalue weighted by Crippen LogP contribution is 2.27. The number of nitrogens with two attached hydrogens (primary N) is 1. The van der Waals surface area contributed by atoms with Crippen LogP contribution in [0.1, 0.15) is 32.1 Å². The van der Waals surface area contributed by atoms with E-state index in [-0.39, 0.29) is 11.7 Å². The Kier molecular flexibility index (Phi) is 4.75. The molecule has 1 aliphatic carbocycles. The van der Waals surface area contributed by atoms with E-state index in [1.807, 2.05) is 0 Å². The first-order valence-electron chi connectivity index (χ1n) is 6.83. The molecule has 2 N–H and O–H groups in total. The van der Waals surface area contributed by atoms with Crippen molar-refractivity contribution in [1.29, 1.82) is 0 Å². The number of sulfone groups is 1. The van der Waals surface area contributed by atoms with E-state index in [1.54, 1.807) is 0 Å². The van der Waals surface area contributed by atoms with Crippen LogP contribution >= 0.6 is 0 Å². The molecule has 0 radical (unpaired) electrons. The van der Waals surface area contributed by atoms with E-state index in [0.717, 1.165) is 50.3 Å². The Labute approximate surface area is 118 Å². The average molecular weight is 303 g/mol. The molecule has 1 aliphatic rings. The van der Waals surface area contributed by atoms with Gasteiger partial charge >= 0.3 is 0 Å². The minimum absolute atomic E-state index is 0.148. The SMILES string of the molecule is NC(CS(=O)(=O)c1cc(F)ccc1F)C1CCCCC1. The van der Waals surface area contributed by atoms with Crippen molar-refractivity contribution in [1.82, 2.24) is 0 Å². The van der Waals surface area contributed by atoms with Crippen molar-refractivity contribution in [2.45, 2.75) is 43.0 Å². The summed E-state index contributed by atoms with van der Waals surface area (Å²) in [4.78, 5) is -0.594. The van der Waals surface area contributed by atoms with Crippen molar-refractivity contribution in [3.63, 3.8) is 0 Å². The molecule has 1 fully saturated rings. The van der Waals surface area contributed by atoms with Gasteiger partial charge in [0.05, 0.1) is 5.75 Å². The topological polar surface area (TPSA) is 60.2 Å². The molecule has 20 heavy (non-hydrogen) atoms. The third kappa shape index (κ3) is 3.55. The van der Waals surface area contributed by atoms with E-state index in [9.17, 15) is 17.2 Å². The summed E-state index contributed by atoms with van der Waals surface area (Å²) in [5, 5.41) is 0. The largest absolute Gasteiger partial charge is 0.327 e. The van der Waals surface area contributed by atoms with Crippen LogP contribution in [0.2, 0.25) is 0 Å². The summed E-state index contributed by atoms with van der Waals surface area (Å²) >= 11 is 0. The molecule has 0 heterocycles. The van der Waals surface area contributed by atoms with Crippen LogP contribution in [0.25, 0.3) is 0 Å². The highest BCUT2D eigenvalue weighted by Gasteiger charge is 2.28. The van der Waals surface area contributed by atoms with Crippen molar-refractivity contribution in [2.24, 2.45) is 11.7 Å². The van der Waals surface area contributed by atoms with Crippen LogP contribution in [-0.4, -0.2) is 20.2 Å². The molecule has 0 aliphatic heterocycles. The lowest BCUT2D eigenvalue weighted by atomic mass is 9.85. The van der Waals surface area contributed by atoms with Crippen LogP contribution in [0.15, 0.2) is 23.1 Å². The molecule has 0 amide bonds. The number of benzene rings is 1. The van der Waals surface area contributed by atoms with Gasteiger partial charge in [0.25, 0.3) is 0 Å². The quantitative estimate of drug-likeness (QED) is 0.930. The maximum absolute atomic E-state index is 13.6. The molecule has 112 valence electrons. The Morgan fingerprint density at radius 3 is 2.50 bits per heavy atom. The second kappa shape index (κ2) is 6.18. The summed E-state index contributed by atoms with van der Waals surface area (Å²) in [6.45, 7) is 0. The van der Waals surface area contributed by atoms with Gasteiger partial charge in [-0.25, -0.2) is 17.2 Å². The molecule has 0 aromatic heterocycles. The second-order valence-electron chi connectivity index (χ2n) is 5.42. The molecule has 0 bridgehead atoms. The Hall–Kier alpha value is -1.01. The number of halogens is 2. The molecule has 3 nitrogen and oxygen atoms in total. The summed E-state index contributed by atoms with van der Waals surface area (Å²) in [7, 11) is -3.90. The van der Waals surface area contributed by atoms with Gasteiger partial charge in [0, 0.05) is 6.04 Å². The van der Waals surface area contributed by atoms with Crippen molar-refractivity contribution in [3.05, 3.63) is 29.8 Å². The fourth-order valence-electron chi connectivity index (χ4n) is 2.76. The first-order valence-corrected chi connectivity index (χ1v) is 8.49. The Morgan fingerprint density at radius 2 is 1.85 bits per heavy atom. The van der Waals surface area contributed by atoms with Gasteiger partial charge in [-0.15, -0.1) is 0 Å². The maximum Gasteiger partial charge on any atom is 0.182 e. The van der Waals surface area contributed by atoms with E-state index in [0.29, 0.717) is 0 Å². The van der Waals surface area contributed by atoms with Gasteiger partial charge < -0.3 is 5.73 Å². The number of rotatable bonds is 4. The number of hydrogen-bond donors (Lipinski definition) is 1. The van der Waals surface area contributed by atoms with Crippen molar-refractivity contribution < 1.29 is 17.2 Å². The van der Waals surface area contributed by atoms with Crippen molar-refractivity contribution in [3.8, 4) is 0 Å². The van der Waals surface area contributed by atoms with E-state index >= 15 is 0 Å². The Bertz CT molecular complexity index is 569. The molecular formula is C14H19F2NO2S. The first-order chi connectivity index (χ1) is 9.40. The summed E-state index contributed by atoms with van der Waals surface area (Å²) in [5.74, 6) is -1.88. The van der Waals surface area contributed by atoms with E-state index in [4.69, 9.17) is 5.73 Å². The number of hydrogen-bond acceptors (Lipinski definition) is 3. The molecular weight excluding hydrogens is 284 g/mol. The Balaban J connectivity index is 2.16. The van der Waals surface area contributed by atoms with Crippen molar-refractivity contribution >= 4 is 9.84 Å². The predicted molar refractivity (Wildman–Crippen MR) is 73.0 cm³/mol. The van der Waals surface area contributed by atoms with Crippen LogP contribution < -0.4 is 5.73 Å². The fraction of sp³-hybridized carbons (Fsp3) is 0.571. The molecule has 2 rings (SSSR count). The lowest BCUT2D eigenvalue weighted by Crippen LogP contribution is -2.38. The van der Waals surface area contributed by atoms with Gasteiger partial charge in [0.2, 0.25) is 0 Å². The molecule has 1 unspecified atom stereocenters. The zero-order valence-electron chi connectivity index (χ0n) is 11.2. The monoisotopic (exact) mass is 303 g/mol. The van der Waals surface area contributed by atoms with E-state index < -0.39 is 32.4 Å². The third-order valence-corrected chi connectivity index (χ3v) is 5.70. The van der Waals surface area contributed by atoms with E-state index in [2.05, 4.69) is 0 Å². The minimum Gasteiger partial charge on any atom is -0.327 e. The predicted octanol–water partition coefficient (Wildman–Crippen LogP) is 2.65. The average Bonchev–Trinajstić information content (AvgIpc) is 2.42. The lowest BCUT2D eigenvalue weighted by molar-refractivity contribution is 0.317. The normalized spacial score (nSPS) is 18.9. The van der Waals surface area contributed by atoms with Gasteiger partial charge in [-0.05, 0) is 37.0 Å². The standard InChI is InChI=1S/C14H19F2NO2S/c15-11-6-7-12(16)14(8-11)20(18,19)9-13(17)10-4-2-1-3-5-10/h6-8,10,13H,1-5,9,17H2. The Morgan fingerprint density at radius 1 is 1.20 bits per heavy atom. The summed E-state index contributed by atoms with van der Waals surface area (Å²) in [6.07, 6.45) is 5.05. The zero-order chi connectivity index (χ0) is 14.8. The first kappa shape index (κ1) is 15.4. The van der Waals surface area contributed by atoms with E-state index in [1.165, 1.54) is 0 Å². The molecule has 6 heteroatoms. The molecule has 1 atom stereocenters. The molecule has 0 saturated heterocycles. The van der Waals surface area contributed by atoms with Crippen LogP contribution in [0.3, 0.4) is 0 Å². The molecule has 1 saturated carbocycles. The molecule has 0 spiro atoms. The van der Waals surface area contributed by atoms with Gasteiger partial charge in [-0.3, -0.25) is 0 Å². The lowest BCUT2D eigenvalue weighted by Gasteiger charge is -2.27. The van der Waals surface area contributed by atoms with Gasteiger partial charge in [-0.1, -0.05) is 19.3 Å². The summed E-state index contributed by atoms with van der Waals surface area (Å²) in [5.41, 5.74) is 5.96. The van der Waals surface area contributed by atoms with Gasteiger partial charge in [0.15, 0.2) is 9.84 Å². The smallest absolute Gasteiger partial charge is 0.182 e. The van der Waals surface area contributed by atoms with Crippen LogP contribution in [0.4, 0.5) is 8.78 Å². The van der Waals surface area contributed by atoms with Crippen molar-refractivity contribution in [2.75, 3.05) is 5.75 Å². The highest BCUT2D eigenvalue weighted by atomic mass is 32.2. The molecule has 1 aromatic rings. The third-order valence-electron chi connectivity index (χ3n) is 3.90. The van der Waals surface area contributed by atoms with Crippen LogP contribution in [-0.2, 0) is 9.84 Å². The summed E-state index contributed by atoms with van der Waals surface area (Å²) < 4.78 is 51.0. The fourth-order valence-corrected chi connectivity index (χ4v) is 4.37. The van der Waals surface area contributed by atoms with Gasteiger partial charge in [-0.2, -0.15) is 0 Å². The summed E-state index contributed by atoms with van der Waals surface area (Å²) in [6, 6.07) is 1.92. The van der Waals surface area contributed by atoms with Crippen LogP contribution in [0.5, 0.6) is 0 Å². The maximum atomic E-state index is 13.6.